The number of anilines is 1. The van der Waals surface area contributed by atoms with Gasteiger partial charge >= 0.3 is 5.97 Å². The molecule has 1 rings (SSSR count). The molecular formula is C16H26N4O4. The Labute approximate surface area is 142 Å². The zero-order chi connectivity index (χ0) is 18.4. The molecule has 0 spiro atoms. The predicted molar refractivity (Wildman–Crippen MR) is 90.3 cm³/mol. The summed E-state index contributed by atoms with van der Waals surface area (Å²) in [6, 6.07) is 5.08. The van der Waals surface area contributed by atoms with Crippen LogP contribution in [0.15, 0.2) is 24.4 Å². The van der Waals surface area contributed by atoms with Crippen LogP contribution in [0.3, 0.4) is 0 Å². The molecule has 0 aliphatic carbocycles. The first kappa shape index (κ1) is 20.0. The van der Waals surface area contributed by atoms with Crippen LogP contribution in [0.25, 0.3) is 0 Å². The molecule has 0 radical (unpaired) electrons. The van der Waals surface area contributed by atoms with Crippen molar-refractivity contribution in [3.05, 3.63) is 24.4 Å². The van der Waals surface area contributed by atoms with Gasteiger partial charge in [0, 0.05) is 19.8 Å². The maximum absolute atomic E-state index is 12.8. The highest BCUT2D eigenvalue weighted by Gasteiger charge is 2.47. The Bertz CT molecular complexity index is 559. The number of esters is 1. The minimum absolute atomic E-state index is 0.169. The summed E-state index contributed by atoms with van der Waals surface area (Å²) in [6.07, 6.45) is 1.54. The highest BCUT2D eigenvalue weighted by Crippen LogP contribution is 2.18. The van der Waals surface area contributed by atoms with E-state index in [9.17, 15) is 9.59 Å². The third kappa shape index (κ3) is 5.26. The van der Waals surface area contributed by atoms with Crippen molar-refractivity contribution >= 4 is 17.7 Å². The number of pyridine rings is 1. The van der Waals surface area contributed by atoms with Gasteiger partial charge in [-0.15, -0.1) is 0 Å². The summed E-state index contributed by atoms with van der Waals surface area (Å²) in [4.78, 5) is 30.6. The minimum atomic E-state index is -1.99. The maximum atomic E-state index is 12.8. The second-order valence-corrected chi connectivity index (χ2v) is 6.37. The molecule has 1 aromatic rings. The summed E-state index contributed by atoms with van der Waals surface area (Å²) in [5.41, 5.74) is 8.70. The number of rotatable bonds is 7. The number of nitrogens with zero attached hydrogens (tertiary/aromatic N) is 2. The van der Waals surface area contributed by atoms with Gasteiger partial charge in [0.15, 0.2) is 0 Å². The van der Waals surface area contributed by atoms with Crippen LogP contribution in [0.1, 0.15) is 20.8 Å². The van der Waals surface area contributed by atoms with E-state index in [0.717, 1.165) is 0 Å². The van der Waals surface area contributed by atoms with Gasteiger partial charge in [0.05, 0.1) is 13.2 Å². The van der Waals surface area contributed by atoms with Crippen LogP contribution in [0.4, 0.5) is 5.82 Å². The number of carbonyl (C=O) groups is 2. The van der Waals surface area contributed by atoms with Gasteiger partial charge in [-0.3, -0.25) is 9.69 Å². The van der Waals surface area contributed by atoms with Gasteiger partial charge in [0.1, 0.15) is 11.4 Å². The van der Waals surface area contributed by atoms with Crippen LogP contribution >= 0.6 is 0 Å². The van der Waals surface area contributed by atoms with Crippen molar-refractivity contribution in [2.75, 3.05) is 31.7 Å². The molecule has 0 bridgehead atoms. The molecule has 1 aromatic heterocycles. The first-order valence-electron chi connectivity index (χ1n) is 7.61. The molecular weight excluding hydrogens is 312 g/mol. The first-order chi connectivity index (χ1) is 11.1. The summed E-state index contributed by atoms with van der Waals surface area (Å²) < 4.78 is 10.6. The summed E-state index contributed by atoms with van der Waals surface area (Å²) in [7, 11) is 1.49. The van der Waals surface area contributed by atoms with Crippen molar-refractivity contribution in [3.8, 4) is 0 Å². The topological polar surface area (TPSA) is 121 Å². The molecule has 134 valence electrons. The van der Waals surface area contributed by atoms with Crippen LogP contribution in [0, 0.1) is 0 Å². The monoisotopic (exact) mass is 338 g/mol. The number of nitrogens with two attached hydrogens (primary N) is 2. The van der Waals surface area contributed by atoms with Crippen molar-refractivity contribution in [1.82, 2.24) is 4.98 Å². The average Bonchev–Trinajstić information content (AvgIpc) is 2.52. The molecule has 24 heavy (non-hydrogen) atoms. The number of ether oxygens (including phenoxy) is 2. The fourth-order valence-corrected chi connectivity index (χ4v) is 1.85. The molecule has 0 aliphatic rings. The minimum Gasteiger partial charge on any atom is -0.458 e. The van der Waals surface area contributed by atoms with Crippen LogP contribution in [0.5, 0.6) is 0 Å². The predicted octanol–water partition coefficient (Wildman–Crippen LogP) is 0.0589. The standard InChI is InChI=1S/C16H26N4O4/c1-15(2,3)24-14(22)16(18,11-23-10-8-17)13(21)20(4)12-7-5-6-9-19-12/h5-7,9H,8,10-11,17-18H2,1-4H3/t16-/m0/s1. The van der Waals surface area contributed by atoms with Gasteiger partial charge < -0.3 is 20.9 Å². The largest absolute Gasteiger partial charge is 0.458 e. The number of carbonyl (C=O) groups excluding carboxylic acids is 2. The third-order valence-corrected chi connectivity index (χ3v) is 3.03. The molecule has 4 N–H and O–H groups in total. The smallest absolute Gasteiger partial charge is 0.338 e. The number of hydrogen-bond acceptors (Lipinski definition) is 7. The Morgan fingerprint density at radius 1 is 1.29 bits per heavy atom. The van der Waals surface area contributed by atoms with Crippen molar-refractivity contribution in [2.45, 2.75) is 31.9 Å². The van der Waals surface area contributed by atoms with Gasteiger partial charge in [0.2, 0.25) is 5.54 Å². The van der Waals surface area contributed by atoms with Crippen molar-refractivity contribution in [2.24, 2.45) is 11.5 Å². The lowest BCUT2D eigenvalue weighted by atomic mass is 9.99. The van der Waals surface area contributed by atoms with Crippen LogP contribution in [0.2, 0.25) is 0 Å². The van der Waals surface area contributed by atoms with E-state index in [1.165, 1.54) is 18.1 Å². The third-order valence-electron chi connectivity index (χ3n) is 3.03. The van der Waals surface area contributed by atoms with E-state index in [0.29, 0.717) is 5.82 Å². The van der Waals surface area contributed by atoms with Gasteiger partial charge in [0.25, 0.3) is 5.91 Å². The molecule has 0 aliphatic heterocycles. The lowest BCUT2D eigenvalue weighted by Crippen LogP contribution is -2.64. The first-order valence-corrected chi connectivity index (χ1v) is 7.61. The fraction of sp³-hybridized carbons (Fsp3) is 0.562. The summed E-state index contributed by atoms with van der Waals surface area (Å²) in [5.74, 6) is -1.17. The van der Waals surface area contributed by atoms with Gasteiger partial charge in [-0.1, -0.05) is 6.07 Å². The van der Waals surface area contributed by atoms with E-state index in [1.807, 2.05) is 0 Å². The molecule has 0 saturated heterocycles. The fourth-order valence-electron chi connectivity index (χ4n) is 1.85. The van der Waals surface area contributed by atoms with E-state index in [2.05, 4.69) is 4.98 Å². The van der Waals surface area contributed by atoms with Crippen LogP contribution < -0.4 is 16.4 Å². The summed E-state index contributed by atoms with van der Waals surface area (Å²) in [5, 5.41) is 0. The van der Waals surface area contributed by atoms with Crippen LogP contribution in [-0.2, 0) is 19.1 Å². The molecule has 0 aromatic carbocycles. The molecule has 1 atom stereocenters. The van der Waals surface area contributed by atoms with E-state index >= 15 is 0 Å². The highest BCUT2D eigenvalue weighted by molar-refractivity contribution is 6.13. The Morgan fingerprint density at radius 3 is 2.46 bits per heavy atom. The summed E-state index contributed by atoms with van der Waals surface area (Å²) >= 11 is 0. The molecule has 0 fully saturated rings. The van der Waals surface area contributed by atoms with E-state index in [1.54, 1.807) is 39.0 Å². The zero-order valence-corrected chi connectivity index (χ0v) is 14.6. The van der Waals surface area contributed by atoms with E-state index in [-0.39, 0.29) is 19.8 Å². The highest BCUT2D eigenvalue weighted by atomic mass is 16.6. The lowest BCUT2D eigenvalue weighted by Gasteiger charge is -2.32. The summed E-state index contributed by atoms with van der Waals surface area (Å²) in [6.45, 7) is 5.16. The van der Waals surface area contributed by atoms with Crippen molar-refractivity contribution in [1.29, 1.82) is 0 Å². The van der Waals surface area contributed by atoms with E-state index < -0.39 is 23.0 Å². The molecule has 0 unspecified atom stereocenters. The van der Waals surface area contributed by atoms with Crippen LogP contribution in [-0.4, -0.2) is 54.8 Å². The Morgan fingerprint density at radius 2 is 1.96 bits per heavy atom. The average molecular weight is 338 g/mol. The molecule has 0 saturated carbocycles. The quantitative estimate of drug-likeness (QED) is 0.409. The molecule has 1 amide bonds. The molecule has 8 nitrogen and oxygen atoms in total. The normalized spacial score (nSPS) is 13.9. The number of likely N-dealkylation sites (N-methyl/N-ethyl adjacent to an activating group) is 1. The maximum Gasteiger partial charge on any atom is 0.338 e. The lowest BCUT2D eigenvalue weighted by molar-refractivity contribution is -0.166. The van der Waals surface area contributed by atoms with Crippen molar-refractivity contribution < 1.29 is 19.1 Å². The van der Waals surface area contributed by atoms with Gasteiger partial charge in [-0.05, 0) is 32.9 Å². The van der Waals surface area contributed by atoms with Gasteiger partial charge in [-0.2, -0.15) is 0 Å². The molecule has 1 heterocycles. The van der Waals surface area contributed by atoms with Gasteiger partial charge in [-0.25, -0.2) is 9.78 Å². The zero-order valence-electron chi connectivity index (χ0n) is 14.6. The number of aromatic nitrogens is 1. The Kier molecular flexibility index (Phi) is 6.82. The molecule has 8 heteroatoms. The SMILES string of the molecule is CN(C(=O)[C@@](N)(COCCN)C(=O)OC(C)(C)C)c1ccccn1. The second kappa shape index (κ2) is 8.18. The number of amides is 1. The van der Waals surface area contributed by atoms with Crippen molar-refractivity contribution in [3.63, 3.8) is 0 Å². The van der Waals surface area contributed by atoms with E-state index in [4.69, 9.17) is 20.9 Å². The Hall–Kier alpha value is -2.03. The number of hydrogen-bond donors (Lipinski definition) is 2. The Balaban J connectivity index is 3.06. The second-order valence-electron chi connectivity index (χ2n) is 6.37.